The van der Waals surface area contributed by atoms with Gasteiger partial charge in [0.15, 0.2) is 10.8 Å². The van der Waals surface area contributed by atoms with Gasteiger partial charge in [0, 0.05) is 18.7 Å². The maximum atomic E-state index is 13.3. The van der Waals surface area contributed by atoms with Crippen molar-refractivity contribution < 1.29 is 4.79 Å². The molecule has 0 aliphatic carbocycles. The number of aromatic nitrogens is 4. The quantitative estimate of drug-likeness (QED) is 0.345. The number of hydrogen-bond donors (Lipinski definition) is 1. The molecule has 1 amide bonds. The van der Waals surface area contributed by atoms with E-state index in [9.17, 15) is 9.59 Å². The molecule has 1 aromatic carbocycles. The third-order valence-corrected chi connectivity index (χ3v) is 7.48. The molecule has 4 rings (SSSR count). The molecule has 0 radical (unpaired) electrons. The molecule has 1 N–H and O–H groups in total. The predicted octanol–water partition coefficient (Wildman–Crippen LogP) is 4.71. The van der Waals surface area contributed by atoms with Gasteiger partial charge in [0.2, 0.25) is 5.91 Å². The summed E-state index contributed by atoms with van der Waals surface area (Å²) >= 11 is 1.53. The summed E-state index contributed by atoms with van der Waals surface area (Å²) in [6.45, 7) is 7.04. The van der Waals surface area contributed by atoms with Gasteiger partial charge in [0.25, 0.3) is 5.56 Å². The maximum Gasteiger partial charge on any atom is 0.265 e. The van der Waals surface area contributed by atoms with Gasteiger partial charge in [-0.2, -0.15) is 5.10 Å². The second kappa shape index (κ2) is 10.5. The Kier molecular flexibility index (Phi) is 7.53. The number of benzene rings is 1. The minimum absolute atomic E-state index is 0.000157. The SMILES string of the molecule is CCCCCCCCNC(=O)CC1CSc2nc3c(cnn3-c3ccc(C)c(C)c3)c(=O)n21. The van der Waals surface area contributed by atoms with Crippen LogP contribution in [0.5, 0.6) is 0 Å². The molecule has 1 unspecified atom stereocenters. The van der Waals surface area contributed by atoms with E-state index in [0.717, 1.165) is 24.1 Å². The van der Waals surface area contributed by atoms with Gasteiger partial charge < -0.3 is 5.32 Å². The molecule has 1 atom stereocenters. The molecule has 0 spiro atoms. The second-order valence-electron chi connectivity index (χ2n) is 8.92. The van der Waals surface area contributed by atoms with Crippen molar-refractivity contribution in [3.8, 4) is 5.69 Å². The van der Waals surface area contributed by atoms with Gasteiger partial charge in [-0.05, 0) is 43.5 Å². The Morgan fingerprint density at radius 1 is 1.15 bits per heavy atom. The van der Waals surface area contributed by atoms with Gasteiger partial charge >= 0.3 is 0 Å². The van der Waals surface area contributed by atoms with Crippen LogP contribution in [0.1, 0.15) is 69.0 Å². The predicted molar refractivity (Wildman–Crippen MR) is 133 cm³/mol. The van der Waals surface area contributed by atoms with Crippen molar-refractivity contribution in [3.05, 3.63) is 45.9 Å². The van der Waals surface area contributed by atoms with Crippen LogP contribution in [0.3, 0.4) is 0 Å². The minimum atomic E-state index is -0.177. The summed E-state index contributed by atoms with van der Waals surface area (Å²) in [7, 11) is 0. The number of carbonyl (C=O) groups excluding carboxylic acids is 1. The van der Waals surface area contributed by atoms with Crippen LogP contribution < -0.4 is 10.9 Å². The first-order chi connectivity index (χ1) is 16.0. The highest BCUT2D eigenvalue weighted by Gasteiger charge is 2.29. The molecule has 0 bridgehead atoms. The fourth-order valence-electron chi connectivity index (χ4n) is 4.25. The number of aryl methyl sites for hydroxylation is 2. The third-order valence-electron chi connectivity index (χ3n) is 6.38. The van der Waals surface area contributed by atoms with Crippen molar-refractivity contribution >= 4 is 28.7 Å². The smallest absolute Gasteiger partial charge is 0.265 e. The number of nitrogens with zero attached hydrogens (tertiary/aromatic N) is 4. The largest absolute Gasteiger partial charge is 0.356 e. The normalized spacial score (nSPS) is 15.2. The van der Waals surface area contributed by atoms with Crippen LogP contribution in [0.4, 0.5) is 0 Å². The standard InChI is InChI=1S/C25H33N5O2S/c1-4-5-6-7-8-9-12-26-22(31)14-20-16-33-25-28-23-21(24(32)29(20)25)15-27-30(23)19-11-10-17(2)18(3)13-19/h10-11,13,15,20H,4-9,12,14,16H2,1-3H3,(H,26,31). The van der Waals surface area contributed by atoms with Crippen molar-refractivity contribution in [2.45, 2.75) is 76.9 Å². The highest BCUT2D eigenvalue weighted by atomic mass is 32.2. The van der Waals surface area contributed by atoms with E-state index < -0.39 is 0 Å². The fourth-order valence-corrected chi connectivity index (χ4v) is 5.38. The minimum Gasteiger partial charge on any atom is -0.356 e. The number of amides is 1. The Labute approximate surface area is 199 Å². The Morgan fingerprint density at radius 3 is 2.73 bits per heavy atom. The monoisotopic (exact) mass is 467 g/mol. The van der Waals surface area contributed by atoms with E-state index in [1.165, 1.54) is 43.0 Å². The van der Waals surface area contributed by atoms with E-state index in [4.69, 9.17) is 4.98 Å². The highest BCUT2D eigenvalue weighted by Crippen LogP contribution is 2.33. The Balaban J connectivity index is 1.45. The molecule has 176 valence electrons. The summed E-state index contributed by atoms with van der Waals surface area (Å²) in [5.41, 5.74) is 3.70. The molecule has 33 heavy (non-hydrogen) atoms. The Morgan fingerprint density at radius 2 is 1.94 bits per heavy atom. The zero-order chi connectivity index (χ0) is 23.4. The first kappa shape index (κ1) is 23.5. The molecule has 1 aliphatic rings. The van der Waals surface area contributed by atoms with Gasteiger partial charge in [-0.1, -0.05) is 56.9 Å². The zero-order valence-electron chi connectivity index (χ0n) is 19.8. The summed E-state index contributed by atoms with van der Waals surface area (Å²) in [5.74, 6) is 0.677. The van der Waals surface area contributed by atoms with Crippen molar-refractivity contribution in [3.63, 3.8) is 0 Å². The van der Waals surface area contributed by atoms with Gasteiger partial charge in [0.05, 0.1) is 17.9 Å². The van der Waals surface area contributed by atoms with Crippen LogP contribution in [0, 0.1) is 13.8 Å². The van der Waals surface area contributed by atoms with Crippen LogP contribution in [0.2, 0.25) is 0 Å². The number of fused-ring (bicyclic) bond motifs is 2. The van der Waals surface area contributed by atoms with Crippen LogP contribution >= 0.6 is 11.8 Å². The Bertz CT molecular complexity index is 1200. The molecule has 0 saturated heterocycles. The van der Waals surface area contributed by atoms with Crippen molar-refractivity contribution in [1.82, 2.24) is 24.6 Å². The molecule has 0 fully saturated rings. The average Bonchev–Trinajstić information content (AvgIpc) is 3.40. The summed E-state index contributed by atoms with van der Waals surface area (Å²) in [5, 5.41) is 8.62. The third kappa shape index (κ3) is 5.16. The second-order valence-corrected chi connectivity index (χ2v) is 9.91. The van der Waals surface area contributed by atoms with E-state index in [1.54, 1.807) is 15.4 Å². The van der Waals surface area contributed by atoms with E-state index in [1.807, 2.05) is 12.1 Å². The summed E-state index contributed by atoms with van der Waals surface area (Å²) in [6.07, 6.45) is 9.06. The zero-order valence-corrected chi connectivity index (χ0v) is 20.6. The lowest BCUT2D eigenvalue weighted by Crippen LogP contribution is -2.31. The Hall–Kier alpha value is -2.61. The summed E-state index contributed by atoms with van der Waals surface area (Å²) in [6, 6.07) is 5.92. The molecular weight excluding hydrogens is 434 g/mol. The van der Waals surface area contributed by atoms with Gasteiger partial charge in [0.1, 0.15) is 5.39 Å². The number of unbranched alkanes of at least 4 members (excludes halogenated alkanes) is 5. The van der Waals surface area contributed by atoms with E-state index >= 15 is 0 Å². The molecule has 3 heterocycles. The van der Waals surface area contributed by atoms with Crippen LogP contribution in [-0.2, 0) is 4.79 Å². The topological polar surface area (TPSA) is 81.8 Å². The first-order valence-electron chi connectivity index (χ1n) is 12.0. The number of rotatable bonds is 10. The molecular formula is C25H33N5O2S. The molecule has 0 saturated carbocycles. The van der Waals surface area contributed by atoms with Crippen LogP contribution in [0.15, 0.2) is 34.3 Å². The number of carbonyl (C=O) groups is 1. The molecule has 1 aliphatic heterocycles. The van der Waals surface area contributed by atoms with Crippen LogP contribution in [0.25, 0.3) is 16.7 Å². The highest BCUT2D eigenvalue weighted by molar-refractivity contribution is 7.99. The number of nitrogens with one attached hydrogen (secondary N) is 1. The van der Waals surface area contributed by atoms with Crippen molar-refractivity contribution in [1.29, 1.82) is 0 Å². The average molecular weight is 468 g/mol. The number of hydrogen-bond acceptors (Lipinski definition) is 5. The maximum absolute atomic E-state index is 13.3. The van der Waals surface area contributed by atoms with Gasteiger partial charge in [-0.25, -0.2) is 9.67 Å². The summed E-state index contributed by atoms with van der Waals surface area (Å²) < 4.78 is 3.41. The van der Waals surface area contributed by atoms with E-state index in [-0.39, 0.29) is 17.5 Å². The summed E-state index contributed by atoms with van der Waals surface area (Å²) in [4.78, 5) is 30.6. The van der Waals surface area contributed by atoms with E-state index in [0.29, 0.717) is 34.9 Å². The fraction of sp³-hybridized carbons (Fsp3) is 0.520. The van der Waals surface area contributed by atoms with Crippen LogP contribution in [-0.4, -0.2) is 37.5 Å². The molecule has 2 aromatic heterocycles. The lowest BCUT2D eigenvalue weighted by molar-refractivity contribution is -0.121. The lowest BCUT2D eigenvalue weighted by atomic mass is 10.1. The van der Waals surface area contributed by atoms with Gasteiger partial charge in [-0.3, -0.25) is 14.2 Å². The first-order valence-corrected chi connectivity index (χ1v) is 13.0. The lowest BCUT2D eigenvalue weighted by Gasteiger charge is -2.13. The number of thioether (sulfide) groups is 1. The van der Waals surface area contributed by atoms with Crippen molar-refractivity contribution in [2.24, 2.45) is 0 Å². The van der Waals surface area contributed by atoms with Gasteiger partial charge in [-0.15, -0.1) is 0 Å². The molecule has 3 aromatic rings. The molecule has 8 heteroatoms. The van der Waals surface area contributed by atoms with E-state index in [2.05, 4.69) is 37.3 Å². The molecule has 7 nitrogen and oxygen atoms in total. The van der Waals surface area contributed by atoms with Crippen molar-refractivity contribution in [2.75, 3.05) is 12.3 Å².